The summed E-state index contributed by atoms with van der Waals surface area (Å²) in [5.74, 6) is 0.216. The molecular formula is C44H76O6. The zero-order valence-electron chi connectivity index (χ0n) is 32.4. The lowest BCUT2D eigenvalue weighted by Crippen LogP contribution is -2.28. The lowest BCUT2D eigenvalue weighted by Gasteiger charge is -2.15. The second-order valence-corrected chi connectivity index (χ2v) is 13.8. The Balaban J connectivity index is 3.67. The van der Waals surface area contributed by atoms with Crippen molar-refractivity contribution in [2.45, 2.75) is 187 Å². The average molecular weight is 701 g/mol. The van der Waals surface area contributed by atoms with Gasteiger partial charge in [0.2, 0.25) is 0 Å². The third-order valence-corrected chi connectivity index (χ3v) is 9.02. The van der Waals surface area contributed by atoms with Gasteiger partial charge in [-0.1, -0.05) is 178 Å². The predicted octanol–water partition coefficient (Wildman–Crippen LogP) is 11.6. The van der Waals surface area contributed by atoms with E-state index in [1.807, 2.05) is 19.1 Å². The van der Waals surface area contributed by atoms with Gasteiger partial charge < -0.3 is 19.7 Å². The highest BCUT2D eigenvalue weighted by Crippen LogP contribution is 2.16. The lowest BCUT2D eigenvalue weighted by molar-refractivity contribution is -0.161. The summed E-state index contributed by atoms with van der Waals surface area (Å²) in [6.07, 6.45) is 45.2. The first-order valence-corrected chi connectivity index (χ1v) is 20.3. The van der Waals surface area contributed by atoms with E-state index in [4.69, 9.17) is 9.47 Å². The van der Waals surface area contributed by atoms with Crippen molar-refractivity contribution in [3.05, 3.63) is 60.8 Å². The molecule has 6 nitrogen and oxygen atoms in total. The Labute approximate surface area is 307 Å². The van der Waals surface area contributed by atoms with E-state index < -0.39 is 6.10 Å². The summed E-state index contributed by atoms with van der Waals surface area (Å²) in [7, 11) is 0. The van der Waals surface area contributed by atoms with E-state index >= 15 is 0 Å². The smallest absolute Gasteiger partial charge is 0.306 e. The van der Waals surface area contributed by atoms with E-state index in [9.17, 15) is 19.8 Å². The Morgan fingerprint density at radius 3 is 1.64 bits per heavy atom. The monoisotopic (exact) mass is 701 g/mol. The molecule has 0 saturated heterocycles. The highest BCUT2D eigenvalue weighted by Gasteiger charge is 2.16. The van der Waals surface area contributed by atoms with Gasteiger partial charge in [0.1, 0.15) is 6.61 Å². The van der Waals surface area contributed by atoms with E-state index in [0.29, 0.717) is 19.3 Å². The maximum Gasteiger partial charge on any atom is 0.306 e. The minimum atomic E-state index is -0.804. The van der Waals surface area contributed by atoms with Crippen LogP contribution in [0.3, 0.4) is 0 Å². The molecular weight excluding hydrogens is 624 g/mol. The zero-order valence-corrected chi connectivity index (χ0v) is 32.4. The summed E-state index contributed by atoms with van der Waals surface area (Å²) >= 11 is 0. The van der Waals surface area contributed by atoms with Crippen LogP contribution in [-0.2, 0) is 19.1 Å². The van der Waals surface area contributed by atoms with Crippen LogP contribution in [0.2, 0.25) is 0 Å². The van der Waals surface area contributed by atoms with Crippen molar-refractivity contribution in [2.24, 2.45) is 5.92 Å². The minimum absolute atomic E-state index is 0.106. The molecule has 0 aromatic heterocycles. The molecule has 0 fully saturated rings. The molecule has 0 bridgehead atoms. The van der Waals surface area contributed by atoms with Crippen LogP contribution in [0.5, 0.6) is 0 Å². The largest absolute Gasteiger partial charge is 0.462 e. The zero-order chi connectivity index (χ0) is 36.8. The van der Waals surface area contributed by atoms with E-state index in [0.717, 1.165) is 57.3 Å². The van der Waals surface area contributed by atoms with Gasteiger partial charge in [-0.25, -0.2) is 0 Å². The molecule has 0 aliphatic carbocycles. The van der Waals surface area contributed by atoms with Crippen molar-refractivity contribution in [1.29, 1.82) is 0 Å². The Morgan fingerprint density at radius 2 is 1.10 bits per heavy atom. The number of unbranched alkanes of at least 4 members (excludes halogenated alkanes) is 14. The molecule has 0 aromatic rings. The van der Waals surface area contributed by atoms with Crippen LogP contribution >= 0.6 is 0 Å². The highest BCUT2D eigenvalue weighted by atomic mass is 16.6. The normalized spacial score (nSPS) is 14.1. The summed E-state index contributed by atoms with van der Waals surface area (Å²) < 4.78 is 10.6. The molecule has 0 spiro atoms. The molecule has 0 saturated carbocycles. The summed E-state index contributed by atoms with van der Waals surface area (Å²) in [6, 6.07) is 0. The number of aliphatic hydroxyl groups is 2. The number of carbonyl (C=O) groups is 2. The number of hydrogen-bond acceptors (Lipinski definition) is 6. The van der Waals surface area contributed by atoms with Crippen LogP contribution in [0.4, 0.5) is 0 Å². The summed E-state index contributed by atoms with van der Waals surface area (Å²) in [5, 5.41) is 19.0. The maximum atomic E-state index is 12.2. The summed E-state index contributed by atoms with van der Waals surface area (Å²) in [5.41, 5.74) is 0. The van der Waals surface area contributed by atoms with Crippen LogP contribution in [0.15, 0.2) is 60.8 Å². The molecule has 0 rings (SSSR count). The first kappa shape index (κ1) is 47.6. The third kappa shape index (κ3) is 35.4. The van der Waals surface area contributed by atoms with Crippen LogP contribution in [0.1, 0.15) is 175 Å². The number of ether oxygens (including phenoxy) is 2. The molecule has 288 valence electrons. The van der Waals surface area contributed by atoms with E-state index in [2.05, 4.69) is 56.4 Å². The first-order valence-electron chi connectivity index (χ1n) is 20.3. The Bertz CT molecular complexity index is 917. The molecule has 0 heterocycles. The number of carbonyl (C=O) groups excluding carboxylic acids is 2. The first-order chi connectivity index (χ1) is 24.4. The van der Waals surface area contributed by atoms with Gasteiger partial charge in [0.05, 0.1) is 12.7 Å². The maximum absolute atomic E-state index is 12.2. The number of aliphatic hydroxyl groups excluding tert-OH is 2. The van der Waals surface area contributed by atoms with Crippen molar-refractivity contribution in [3.8, 4) is 0 Å². The molecule has 1 unspecified atom stereocenters. The molecule has 0 amide bonds. The SMILES string of the molecule is CCC(C)CCCCCCCCCCCCCCCCC(=O)O[C@@H](CO)COC(=O)CCC/C=C\C/C=C\C/C=C\C/C=C\C=C\[C@@H](O)CC. The number of esters is 2. The molecule has 0 radical (unpaired) electrons. The van der Waals surface area contributed by atoms with Gasteiger partial charge in [0, 0.05) is 12.8 Å². The number of rotatable bonds is 35. The van der Waals surface area contributed by atoms with Crippen molar-refractivity contribution < 1.29 is 29.3 Å². The molecule has 0 aliphatic rings. The van der Waals surface area contributed by atoms with Gasteiger partial charge in [0.15, 0.2) is 6.10 Å². The Morgan fingerprint density at radius 1 is 0.600 bits per heavy atom. The standard InChI is InChI=1S/C44H76O6/c1-4-40(3)34-30-26-22-18-14-10-6-8-13-17-21-25-29-33-37-44(48)50-42(38-45)39-49-43(47)36-32-28-24-20-16-12-9-7-11-15-19-23-27-31-35-41(46)5-2/h9,11-12,15,20,23-24,27,31,35,40-42,45-46H,4-8,10,13-14,16-19,21-22,25-26,28-30,32-34,36-39H2,1-3H3/b12-9-,15-11-,24-20-,27-23-,35-31+/t40?,41-,42-/m0/s1. The van der Waals surface area contributed by atoms with Gasteiger partial charge in [-0.05, 0) is 50.9 Å². The van der Waals surface area contributed by atoms with Gasteiger partial charge in [-0.2, -0.15) is 0 Å². The predicted molar refractivity (Wildman–Crippen MR) is 211 cm³/mol. The molecule has 0 aromatic carbocycles. The second-order valence-electron chi connectivity index (χ2n) is 13.8. The fourth-order valence-electron chi connectivity index (χ4n) is 5.40. The van der Waals surface area contributed by atoms with Crippen molar-refractivity contribution in [2.75, 3.05) is 13.2 Å². The van der Waals surface area contributed by atoms with Crippen molar-refractivity contribution in [3.63, 3.8) is 0 Å². The van der Waals surface area contributed by atoms with Crippen LogP contribution in [0.25, 0.3) is 0 Å². The van der Waals surface area contributed by atoms with E-state index in [1.54, 1.807) is 6.08 Å². The topological polar surface area (TPSA) is 93.1 Å². The number of hydrogen-bond donors (Lipinski definition) is 2. The summed E-state index contributed by atoms with van der Waals surface area (Å²) in [4.78, 5) is 24.3. The van der Waals surface area contributed by atoms with Crippen molar-refractivity contribution >= 4 is 11.9 Å². The van der Waals surface area contributed by atoms with Crippen LogP contribution in [-0.4, -0.2) is 47.6 Å². The van der Waals surface area contributed by atoms with Crippen LogP contribution in [0, 0.1) is 5.92 Å². The fraction of sp³-hybridized carbons (Fsp3) is 0.727. The Kier molecular flexibility index (Phi) is 36.0. The second kappa shape index (κ2) is 37.8. The highest BCUT2D eigenvalue weighted by molar-refractivity contribution is 5.70. The minimum Gasteiger partial charge on any atom is -0.462 e. The summed E-state index contributed by atoms with van der Waals surface area (Å²) in [6.45, 7) is 6.14. The van der Waals surface area contributed by atoms with E-state index in [-0.39, 0.29) is 31.3 Å². The quantitative estimate of drug-likeness (QED) is 0.0296. The number of allylic oxidation sites excluding steroid dienone is 9. The van der Waals surface area contributed by atoms with Crippen LogP contribution < -0.4 is 0 Å². The van der Waals surface area contributed by atoms with Gasteiger partial charge in [-0.15, -0.1) is 0 Å². The lowest BCUT2D eigenvalue weighted by atomic mass is 9.99. The molecule has 3 atom stereocenters. The average Bonchev–Trinajstić information content (AvgIpc) is 3.12. The third-order valence-electron chi connectivity index (χ3n) is 9.02. The molecule has 6 heteroatoms. The molecule has 50 heavy (non-hydrogen) atoms. The van der Waals surface area contributed by atoms with Gasteiger partial charge in [0.25, 0.3) is 0 Å². The van der Waals surface area contributed by atoms with Gasteiger partial charge in [-0.3, -0.25) is 9.59 Å². The fourth-order valence-corrected chi connectivity index (χ4v) is 5.40. The Hall–Kier alpha value is -2.44. The molecule has 0 aliphatic heterocycles. The van der Waals surface area contributed by atoms with Gasteiger partial charge >= 0.3 is 11.9 Å². The van der Waals surface area contributed by atoms with Crippen molar-refractivity contribution in [1.82, 2.24) is 0 Å². The molecule has 2 N–H and O–H groups in total. The van der Waals surface area contributed by atoms with E-state index in [1.165, 1.54) is 83.5 Å².